The molecule has 0 spiro atoms. The van der Waals surface area contributed by atoms with E-state index in [2.05, 4.69) is 10.6 Å². The zero-order valence-electron chi connectivity index (χ0n) is 10.5. The van der Waals surface area contributed by atoms with E-state index in [1.165, 1.54) is 6.92 Å². The summed E-state index contributed by atoms with van der Waals surface area (Å²) in [4.78, 5) is 12.1. The van der Waals surface area contributed by atoms with Crippen LogP contribution in [0.4, 0.5) is 5.69 Å². The molecule has 1 atom stereocenters. The Morgan fingerprint density at radius 3 is 2.82 bits per heavy atom. The molecule has 1 amide bonds. The molecule has 96 valence electrons. The molecule has 5 heteroatoms. The summed E-state index contributed by atoms with van der Waals surface area (Å²) in [5, 5.41) is 17.4. The van der Waals surface area contributed by atoms with Crippen molar-refractivity contribution in [2.24, 2.45) is 0 Å². The summed E-state index contributed by atoms with van der Waals surface area (Å²) < 4.78 is 0. The molecule has 0 aliphatic heterocycles. The predicted octanol–water partition coefficient (Wildman–Crippen LogP) is 1.96. The molecule has 0 aliphatic carbocycles. The smallest absolute Gasteiger partial charge is 0.221 e. The molecule has 1 rings (SSSR count). The molecule has 0 bridgehead atoms. The van der Waals surface area contributed by atoms with Crippen LogP contribution in [-0.2, 0) is 11.3 Å². The SMILES string of the molecule is CCC(C)(CO)NCc1sccc1NC(C)=O. The van der Waals surface area contributed by atoms with Crippen molar-refractivity contribution in [3.63, 3.8) is 0 Å². The van der Waals surface area contributed by atoms with Gasteiger partial charge in [0.05, 0.1) is 12.3 Å². The lowest BCUT2D eigenvalue weighted by Gasteiger charge is -2.27. The predicted molar refractivity (Wildman–Crippen MR) is 71.2 cm³/mol. The highest BCUT2D eigenvalue weighted by Gasteiger charge is 2.20. The summed E-state index contributed by atoms with van der Waals surface area (Å²) in [6, 6.07) is 1.89. The van der Waals surface area contributed by atoms with Crippen molar-refractivity contribution in [2.75, 3.05) is 11.9 Å². The van der Waals surface area contributed by atoms with Gasteiger partial charge in [0.2, 0.25) is 5.91 Å². The minimum Gasteiger partial charge on any atom is -0.394 e. The van der Waals surface area contributed by atoms with Crippen molar-refractivity contribution < 1.29 is 9.90 Å². The quantitative estimate of drug-likeness (QED) is 0.729. The van der Waals surface area contributed by atoms with E-state index >= 15 is 0 Å². The van der Waals surface area contributed by atoms with Crippen LogP contribution in [0.3, 0.4) is 0 Å². The van der Waals surface area contributed by atoms with Crippen LogP contribution in [0.5, 0.6) is 0 Å². The Balaban J connectivity index is 2.63. The molecule has 1 aromatic rings. The van der Waals surface area contributed by atoms with E-state index in [0.717, 1.165) is 17.0 Å². The van der Waals surface area contributed by atoms with Crippen molar-refractivity contribution in [3.8, 4) is 0 Å². The van der Waals surface area contributed by atoms with Crippen molar-refractivity contribution in [3.05, 3.63) is 16.3 Å². The first kappa shape index (κ1) is 14.2. The molecule has 17 heavy (non-hydrogen) atoms. The third-order valence-corrected chi connectivity index (χ3v) is 3.78. The first-order valence-corrected chi connectivity index (χ1v) is 6.58. The summed E-state index contributed by atoms with van der Waals surface area (Å²) in [6.07, 6.45) is 0.852. The number of aliphatic hydroxyl groups excluding tert-OH is 1. The Hall–Kier alpha value is -0.910. The van der Waals surface area contributed by atoms with Crippen LogP contribution in [0.1, 0.15) is 32.1 Å². The molecule has 4 nitrogen and oxygen atoms in total. The summed E-state index contributed by atoms with van der Waals surface area (Å²) in [5.74, 6) is -0.0648. The van der Waals surface area contributed by atoms with E-state index < -0.39 is 0 Å². The highest BCUT2D eigenvalue weighted by Crippen LogP contribution is 2.23. The maximum atomic E-state index is 11.0. The normalized spacial score (nSPS) is 14.4. The Kier molecular flexibility index (Phi) is 5.11. The standard InChI is InChI=1S/C12H20N2O2S/c1-4-12(3,8-15)13-7-11-10(5-6-17-11)14-9(2)16/h5-6,13,15H,4,7-8H2,1-3H3,(H,14,16). The van der Waals surface area contributed by atoms with E-state index in [1.807, 2.05) is 25.3 Å². The first-order valence-electron chi connectivity index (χ1n) is 5.70. The lowest BCUT2D eigenvalue weighted by molar-refractivity contribution is -0.114. The van der Waals surface area contributed by atoms with Crippen LogP contribution < -0.4 is 10.6 Å². The van der Waals surface area contributed by atoms with E-state index in [0.29, 0.717) is 6.54 Å². The van der Waals surface area contributed by atoms with Crippen molar-refractivity contribution in [1.82, 2.24) is 5.32 Å². The van der Waals surface area contributed by atoms with Crippen LogP contribution in [0.2, 0.25) is 0 Å². The monoisotopic (exact) mass is 256 g/mol. The van der Waals surface area contributed by atoms with Gasteiger partial charge in [-0.05, 0) is 24.8 Å². The second kappa shape index (κ2) is 6.14. The van der Waals surface area contributed by atoms with Crippen LogP contribution >= 0.6 is 11.3 Å². The van der Waals surface area contributed by atoms with Gasteiger partial charge in [0.25, 0.3) is 0 Å². The fourth-order valence-corrected chi connectivity index (χ4v) is 2.13. The average molecular weight is 256 g/mol. The number of hydrogen-bond donors (Lipinski definition) is 3. The molecule has 0 fully saturated rings. The van der Waals surface area contributed by atoms with Gasteiger partial charge in [-0.25, -0.2) is 0 Å². The van der Waals surface area contributed by atoms with Crippen LogP contribution in [0.25, 0.3) is 0 Å². The highest BCUT2D eigenvalue weighted by molar-refractivity contribution is 7.10. The van der Waals surface area contributed by atoms with Gasteiger partial charge < -0.3 is 15.7 Å². The maximum absolute atomic E-state index is 11.0. The van der Waals surface area contributed by atoms with Gasteiger partial charge in [0.1, 0.15) is 0 Å². The summed E-state index contributed by atoms with van der Waals surface area (Å²) >= 11 is 1.59. The molecule has 3 N–H and O–H groups in total. The van der Waals surface area contributed by atoms with Gasteiger partial charge in [-0.15, -0.1) is 11.3 Å². The number of hydrogen-bond acceptors (Lipinski definition) is 4. The number of thiophene rings is 1. The lowest BCUT2D eigenvalue weighted by Crippen LogP contribution is -2.44. The van der Waals surface area contributed by atoms with E-state index in [-0.39, 0.29) is 18.1 Å². The highest BCUT2D eigenvalue weighted by atomic mass is 32.1. The van der Waals surface area contributed by atoms with Crippen LogP contribution in [-0.4, -0.2) is 23.2 Å². The van der Waals surface area contributed by atoms with Crippen molar-refractivity contribution in [2.45, 2.75) is 39.3 Å². The number of rotatable bonds is 6. The van der Waals surface area contributed by atoms with E-state index in [4.69, 9.17) is 0 Å². The molecule has 0 saturated carbocycles. The molecule has 0 aromatic carbocycles. The maximum Gasteiger partial charge on any atom is 0.221 e. The van der Waals surface area contributed by atoms with Gasteiger partial charge in [0, 0.05) is 23.9 Å². The number of carbonyl (C=O) groups excluding carboxylic acids is 1. The molecule has 1 aromatic heterocycles. The number of amides is 1. The fourth-order valence-electron chi connectivity index (χ4n) is 1.36. The Morgan fingerprint density at radius 2 is 2.29 bits per heavy atom. The summed E-state index contributed by atoms with van der Waals surface area (Å²) in [5.41, 5.74) is 0.587. The number of aliphatic hydroxyl groups is 1. The third kappa shape index (κ3) is 4.11. The van der Waals surface area contributed by atoms with Gasteiger partial charge in [-0.1, -0.05) is 6.92 Å². The average Bonchev–Trinajstić information content (AvgIpc) is 2.72. The Morgan fingerprint density at radius 1 is 1.59 bits per heavy atom. The van der Waals surface area contributed by atoms with Gasteiger partial charge in [-0.2, -0.15) is 0 Å². The zero-order valence-corrected chi connectivity index (χ0v) is 11.4. The molecule has 0 aliphatic rings. The zero-order chi connectivity index (χ0) is 12.9. The second-order valence-electron chi connectivity index (χ2n) is 4.36. The van der Waals surface area contributed by atoms with Crippen molar-refractivity contribution in [1.29, 1.82) is 0 Å². The number of carbonyl (C=O) groups is 1. The second-order valence-corrected chi connectivity index (χ2v) is 5.37. The first-order chi connectivity index (χ1) is 8.00. The topological polar surface area (TPSA) is 61.4 Å². The number of anilines is 1. The van der Waals surface area contributed by atoms with E-state index in [9.17, 15) is 9.90 Å². The minimum atomic E-state index is -0.266. The van der Waals surface area contributed by atoms with Crippen LogP contribution in [0.15, 0.2) is 11.4 Å². The number of nitrogens with one attached hydrogen (secondary N) is 2. The Bertz CT molecular complexity index is 372. The van der Waals surface area contributed by atoms with Crippen LogP contribution in [0, 0.1) is 0 Å². The van der Waals surface area contributed by atoms with Gasteiger partial charge in [-0.3, -0.25) is 4.79 Å². The molecular formula is C12H20N2O2S. The van der Waals surface area contributed by atoms with Gasteiger partial charge >= 0.3 is 0 Å². The largest absolute Gasteiger partial charge is 0.394 e. The molecule has 1 unspecified atom stereocenters. The third-order valence-electron chi connectivity index (χ3n) is 2.86. The fraction of sp³-hybridized carbons (Fsp3) is 0.583. The molecule has 1 heterocycles. The molecule has 0 saturated heterocycles. The lowest BCUT2D eigenvalue weighted by atomic mass is 10.0. The molecular weight excluding hydrogens is 236 g/mol. The van der Waals surface area contributed by atoms with Crippen molar-refractivity contribution >= 4 is 22.9 Å². The van der Waals surface area contributed by atoms with Gasteiger partial charge in [0.15, 0.2) is 0 Å². The molecule has 0 radical (unpaired) electrons. The summed E-state index contributed by atoms with van der Waals surface area (Å²) in [6.45, 7) is 6.27. The Labute approximate surface area is 106 Å². The minimum absolute atomic E-state index is 0.0648. The summed E-state index contributed by atoms with van der Waals surface area (Å²) in [7, 11) is 0. The van der Waals surface area contributed by atoms with E-state index in [1.54, 1.807) is 11.3 Å².